The Morgan fingerprint density at radius 2 is 1.71 bits per heavy atom. The van der Waals surface area contributed by atoms with Crippen LogP contribution in [-0.2, 0) is 6.42 Å². The Labute approximate surface area is 143 Å². The lowest BCUT2D eigenvalue weighted by atomic mass is 9.99. The maximum atomic E-state index is 10.8. The summed E-state index contributed by atoms with van der Waals surface area (Å²) in [6, 6.07) is 16.3. The molecule has 3 aromatic rings. The second-order valence-corrected chi connectivity index (χ2v) is 6.87. The monoisotopic (exact) mass is 320 g/mol. The van der Waals surface area contributed by atoms with Crippen molar-refractivity contribution in [3.63, 3.8) is 0 Å². The minimum absolute atomic E-state index is 0.240. The summed E-state index contributed by atoms with van der Waals surface area (Å²) in [4.78, 5) is 0. The van der Waals surface area contributed by atoms with Crippen LogP contribution in [0.25, 0.3) is 16.9 Å². The Balaban J connectivity index is 2.17. The number of aromatic hydroxyl groups is 1. The van der Waals surface area contributed by atoms with Crippen molar-refractivity contribution in [1.29, 1.82) is 0 Å². The molecule has 3 nitrogen and oxygen atoms in total. The lowest BCUT2D eigenvalue weighted by Gasteiger charge is -2.07. The molecule has 3 heteroatoms. The molecule has 0 aliphatic carbocycles. The van der Waals surface area contributed by atoms with Gasteiger partial charge in [-0.3, -0.25) is 0 Å². The molecule has 1 heterocycles. The molecule has 0 aliphatic rings. The first-order valence-corrected chi connectivity index (χ1v) is 8.40. The molecule has 0 saturated heterocycles. The zero-order valence-electron chi connectivity index (χ0n) is 14.7. The quantitative estimate of drug-likeness (QED) is 0.729. The smallest absolute Gasteiger partial charge is 0.218 e. The van der Waals surface area contributed by atoms with Crippen LogP contribution in [0.5, 0.6) is 5.88 Å². The summed E-state index contributed by atoms with van der Waals surface area (Å²) in [5.41, 5.74) is 6.08. The second-order valence-electron chi connectivity index (χ2n) is 6.87. The fourth-order valence-corrected chi connectivity index (χ4v) is 2.93. The van der Waals surface area contributed by atoms with Crippen molar-refractivity contribution in [2.24, 2.45) is 5.92 Å². The van der Waals surface area contributed by atoms with Crippen LogP contribution in [0.1, 0.15) is 30.5 Å². The fraction of sp³-hybridized carbons (Fsp3) is 0.286. The van der Waals surface area contributed by atoms with Crippen LogP contribution < -0.4 is 0 Å². The fourth-order valence-electron chi connectivity index (χ4n) is 2.93. The highest BCUT2D eigenvalue weighted by atomic mass is 16.3. The van der Waals surface area contributed by atoms with Crippen molar-refractivity contribution >= 4 is 0 Å². The second kappa shape index (κ2) is 6.52. The van der Waals surface area contributed by atoms with E-state index in [4.69, 9.17) is 5.10 Å². The van der Waals surface area contributed by atoms with Crippen molar-refractivity contribution in [3.8, 4) is 22.8 Å². The normalized spacial score (nSPS) is 11.2. The summed E-state index contributed by atoms with van der Waals surface area (Å²) < 4.78 is 1.65. The summed E-state index contributed by atoms with van der Waals surface area (Å²) >= 11 is 0. The van der Waals surface area contributed by atoms with Crippen molar-refractivity contribution in [2.45, 2.75) is 34.1 Å². The number of aromatic nitrogens is 2. The van der Waals surface area contributed by atoms with E-state index in [-0.39, 0.29) is 5.88 Å². The number of rotatable bonds is 4. The lowest BCUT2D eigenvalue weighted by Crippen LogP contribution is -1.97. The van der Waals surface area contributed by atoms with Gasteiger partial charge in [0.1, 0.15) is 0 Å². The standard InChI is InChI=1S/C21H24N2O/c1-14(2)12-19-20(17-7-5-6-16(4)13-17)22-23(21(19)24)18-10-8-15(3)9-11-18/h5-11,13-14,24H,12H2,1-4H3. The minimum atomic E-state index is 0.240. The Morgan fingerprint density at radius 3 is 2.33 bits per heavy atom. The molecule has 1 N–H and O–H groups in total. The van der Waals surface area contributed by atoms with Crippen LogP contribution in [0.4, 0.5) is 0 Å². The van der Waals surface area contributed by atoms with Gasteiger partial charge in [-0.2, -0.15) is 5.10 Å². The van der Waals surface area contributed by atoms with Gasteiger partial charge in [0.15, 0.2) is 0 Å². The van der Waals surface area contributed by atoms with E-state index in [9.17, 15) is 5.11 Å². The van der Waals surface area contributed by atoms with Gasteiger partial charge in [-0.05, 0) is 44.4 Å². The van der Waals surface area contributed by atoms with Crippen LogP contribution in [-0.4, -0.2) is 14.9 Å². The molecule has 0 atom stereocenters. The maximum absolute atomic E-state index is 10.8. The van der Waals surface area contributed by atoms with Crippen LogP contribution in [0, 0.1) is 19.8 Å². The SMILES string of the molecule is Cc1ccc(-n2nc(-c3cccc(C)c3)c(CC(C)C)c2O)cc1. The molecule has 124 valence electrons. The number of aryl methyl sites for hydroxylation is 2. The van der Waals surface area contributed by atoms with E-state index in [1.165, 1.54) is 11.1 Å². The third-order valence-electron chi connectivity index (χ3n) is 4.14. The minimum Gasteiger partial charge on any atom is -0.493 e. The predicted molar refractivity (Wildman–Crippen MR) is 98.7 cm³/mol. The maximum Gasteiger partial charge on any atom is 0.218 e. The molecular formula is C21H24N2O. The first kappa shape index (κ1) is 16.3. The molecule has 0 fully saturated rings. The molecule has 0 unspecified atom stereocenters. The summed E-state index contributed by atoms with van der Waals surface area (Å²) in [5, 5.41) is 15.6. The molecule has 0 bridgehead atoms. The molecule has 0 amide bonds. The topological polar surface area (TPSA) is 38.0 Å². The van der Waals surface area contributed by atoms with E-state index in [1.807, 2.05) is 30.3 Å². The Morgan fingerprint density at radius 1 is 1.00 bits per heavy atom. The van der Waals surface area contributed by atoms with Crippen LogP contribution >= 0.6 is 0 Å². The van der Waals surface area contributed by atoms with Gasteiger partial charge >= 0.3 is 0 Å². The summed E-state index contributed by atoms with van der Waals surface area (Å²) in [6.45, 7) is 8.43. The molecule has 0 spiro atoms. The number of hydrogen-bond donors (Lipinski definition) is 1. The number of nitrogens with zero attached hydrogens (tertiary/aromatic N) is 2. The average molecular weight is 320 g/mol. The van der Waals surface area contributed by atoms with Crippen molar-refractivity contribution in [3.05, 3.63) is 65.2 Å². The highest BCUT2D eigenvalue weighted by Crippen LogP contribution is 2.34. The van der Waals surface area contributed by atoms with Gasteiger partial charge in [-0.1, -0.05) is 55.3 Å². The Bertz CT molecular complexity index is 845. The van der Waals surface area contributed by atoms with Gasteiger partial charge in [-0.25, -0.2) is 4.68 Å². The number of hydrogen-bond acceptors (Lipinski definition) is 2. The van der Waals surface area contributed by atoms with Crippen LogP contribution in [0.15, 0.2) is 48.5 Å². The summed E-state index contributed by atoms with van der Waals surface area (Å²) in [7, 11) is 0. The highest BCUT2D eigenvalue weighted by Gasteiger charge is 2.20. The van der Waals surface area contributed by atoms with E-state index in [2.05, 4.69) is 45.9 Å². The third-order valence-corrected chi connectivity index (χ3v) is 4.14. The van der Waals surface area contributed by atoms with Crippen molar-refractivity contribution < 1.29 is 5.11 Å². The van der Waals surface area contributed by atoms with Gasteiger partial charge in [-0.15, -0.1) is 0 Å². The van der Waals surface area contributed by atoms with E-state index < -0.39 is 0 Å². The van der Waals surface area contributed by atoms with E-state index >= 15 is 0 Å². The molecule has 0 saturated carbocycles. The summed E-state index contributed by atoms with van der Waals surface area (Å²) in [6.07, 6.45) is 0.793. The van der Waals surface area contributed by atoms with Crippen molar-refractivity contribution in [2.75, 3.05) is 0 Å². The lowest BCUT2D eigenvalue weighted by molar-refractivity contribution is 0.424. The third kappa shape index (κ3) is 3.21. The van der Waals surface area contributed by atoms with E-state index in [0.29, 0.717) is 5.92 Å². The first-order valence-electron chi connectivity index (χ1n) is 8.40. The predicted octanol–water partition coefficient (Wildman–Crippen LogP) is 5.06. The highest BCUT2D eigenvalue weighted by molar-refractivity contribution is 5.67. The van der Waals surface area contributed by atoms with Gasteiger partial charge < -0.3 is 5.11 Å². The average Bonchev–Trinajstić information content (AvgIpc) is 2.85. The summed E-state index contributed by atoms with van der Waals surface area (Å²) in [5.74, 6) is 0.680. The number of benzene rings is 2. The van der Waals surface area contributed by atoms with E-state index in [1.54, 1.807) is 4.68 Å². The molecular weight excluding hydrogens is 296 g/mol. The van der Waals surface area contributed by atoms with Gasteiger partial charge in [0.05, 0.1) is 11.4 Å². The largest absolute Gasteiger partial charge is 0.493 e. The van der Waals surface area contributed by atoms with E-state index in [0.717, 1.165) is 28.9 Å². The van der Waals surface area contributed by atoms with Crippen LogP contribution in [0.3, 0.4) is 0 Å². The van der Waals surface area contributed by atoms with Gasteiger partial charge in [0, 0.05) is 11.1 Å². The van der Waals surface area contributed by atoms with Gasteiger partial charge in [0.25, 0.3) is 0 Å². The van der Waals surface area contributed by atoms with Gasteiger partial charge in [0.2, 0.25) is 5.88 Å². The van der Waals surface area contributed by atoms with Crippen molar-refractivity contribution in [1.82, 2.24) is 9.78 Å². The molecule has 0 aliphatic heterocycles. The van der Waals surface area contributed by atoms with Crippen LogP contribution in [0.2, 0.25) is 0 Å². The zero-order valence-corrected chi connectivity index (χ0v) is 14.7. The Hall–Kier alpha value is -2.55. The molecule has 1 aromatic heterocycles. The zero-order chi connectivity index (χ0) is 17.3. The molecule has 3 rings (SSSR count). The Kier molecular flexibility index (Phi) is 4.43. The molecule has 0 radical (unpaired) electrons. The molecule has 24 heavy (non-hydrogen) atoms. The first-order chi connectivity index (χ1) is 11.5. The molecule has 2 aromatic carbocycles.